The minimum absolute atomic E-state index is 0.0493. The molecule has 2 aromatic rings. The van der Waals surface area contributed by atoms with Crippen molar-refractivity contribution in [2.24, 2.45) is 5.92 Å². The molecule has 1 aliphatic heterocycles. The van der Waals surface area contributed by atoms with Gasteiger partial charge in [0.15, 0.2) is 0 Å². The summed E-state index contributed by atoms with van der Waals surface area (Å²) < 4.78 is 54.2. The summed E-state index contributed by atoms with van der Waals surface area (Å²) >= 11 is 0. The van der Waals surface area contributed by atoms with Crippen LogP contribution in [-0.2, 0) is 14.8 Å². The molecule has 2 aromatic carbocycles. The maximum absolute atomic E-state index is 14.1. The van der Waals surface area contributed by atoms with Gasteiger partial charge >= 0.3 is 0 Å². The van der Waals surface area contributed by atoms with Crippen LogP contribution in [0.25, 0.3) is 0 Å². The first-order valence-corrected chi connectivity index (χ1v) is 15.2. The Balaban J connectivity index is 2.02. The number of carbonyl (C=O) groups is 1. The van der Waals surface area contributed by atoms with Gasteiger partial charge in [-0.2, -0.15) is 0 Å². The van der Waals surface area contributed by atoms with Crippen molar-refractivity contribution in [3.8, 4) is 5.75 Å². The Labute approximate surface area is 237 Å². The molecule has 0 radical (unpaired) electrons. The van der Waals surface area contributed by atoms with Crippen molar-refractivity contribution in [1.82, 2.24) is 9.80 Å². The lowest BCUT2D eigenvalue weighted by Gasteiger charge is -2.35. The first-order chi connectivity index (χ1) is 18.9. The van der Waals surface area contributed by atoms with Gasteiger partial charge in [-0.3, -0.25) is 9.52 Å². The zero-order valence-corrected chi connectivity index (χ0v) is 24.8. The number of hydrogen-bond donors (Lipinski definition) is 2. The van der Waals surface area contributed by atoms with E-state index in [2.05, 4.69) is 9.62 Å². The second-order valence-corrected chi connectivity index (χ2v) is 12.5. The second kappa shape index (κ2) is 14.2. The number of fused-ring (bicyclic) bond motifs is 1. The number of sulfonamides is 1. The molecule has 40 heavy (non-hydrogen) atoms. The molecule has 0 saturated carbocycles. The molecule has 0 aliphatic carbocycles. The third kappa shape index (κ3) is 8.63. The molecule has 1 amide bonds. The molecule has 11 heteroatoms. The molecule has 3 rings (SSSR count). The van der Waals surface area contributed by atoms with E-state index < -0.39 is 21.9 Å². The van der Waals surface area contributed by atoms with Gasteiger partial charge in [-0.25, -0.2) is 12.8 Å². The fourth-order valence-electron chi connectivity index (χ4n) is 4.64. The van der Waals surface area contributed by atoms with Crippen molar-refractivity contribution in [1.29, 1.82) is 0 Å². The highest BCUT2D eigenvalue weighted by Gasteiger charge is 2.30. The third-order valence-corrected chi connectivity index (χ3v) is 8.37. The fourth-order valence-corrected chi connectivity index (χ4v) is 5.69. The van der Waals surface area contributed by atoms with Crippen LogP contribution in [0.1, 0.15) is 50.4 Å². The van der Waals surface area contributed by atoms with Crippen molar-refractivity contribution in [3.05, 3.63) is 53.8 Å². The topological polar surface area (TPSA) is 108 Å². The van der Waals surface area contributed by atoms with Crippen LogP contribution < -0.4 is 9.46 Å². The number of amides is 1. The van der Waals surface area contributed by atoms with E-state index in [1.807, 2.05) is 27.9 Å². The Hall–Kier alpha value is -2.73. The molecule has 1 aliphatic rings. The van der Waals surface area contributed by atoms with E-state index in [-0.39, 0.29) is 46.8 Å². The lowest BCUT2D eigenvalue weighted by atomic mass is 10.0. The van der Waals surface area contributed by atoms with Crippen LogP contribution in [0.15, 0.2) is 47.4 Å². The highest BCUT2D eigenvalue weighted by atomic mass is 32.2. The summed E-state index contributed by atoms with van der Waals surface area (Å²) in [5.74, 6) is -0.651. The Bertz CT molecular complexity index is 1220. The lowest BCUT2D eigenvalue weighted by molar-refractivity contribution is -0.0137. The number of aliphatic hydroxyl groups excluding tert-OH is 1. The maximum atomic E-state index is 14.1. The quantitative estimate of drug-likeness (QED) is 0.511. The maximum Gasteiger partial charge on any atom is 0.261 e. The zero-order valence-electron chi connectivity index (χ0n) is 24.0. The first kappa shape index (κ1) is 31.8. The number of carbonyl (C=O) groups excluding carboxylic acids is 1. The normalized spacial score (nSPS) is 22.2. The molecule has 0 fully saturated rings. The van der Waals surface area contributed by atoms with Crippen LogP contribution in [0.3, 0.4) is 0 Å². The molecule has 0 saturated heterocycles. The van der Waals surface area contributed by atoms with E-state index in [1.165, 1.54) is 24.3 Å². The fraction of sp³-hybridized carbons (Fsp3) is 0.552. The van der Waals surface area contributed by atoms with E-state index in [1.54, 1.807) is 17.9 Å². The minimum Gasteiger partial charge on any atom is -0.490 e. The lowest BCUT2D eigenvalue weighted by Crippen LogP contribution is -2.47. The van der Waals surface area contributed by atoms with Gasteiger partial charge in [0.1, 0.15) is 11.6 Å². The summed E-state index contributed by atoms with van der Waals surface area (Å²) in [6.07, 6.45) is 2.19. The molecule has 2 N–H and O–H groups in total. The molecule has 0 bridgehead atoms. The Morgan fingerprint density at radius 2 is 1.85 bits per heavy atom. The van der Waals surface area contributed by atoms with Crippen LogP contribution >= 0.6 is 0 Å². The van der Waals surface area contributed by atoms with Crippen LogP contribution in [0, 0.1) is 11.7 Å². The van der Waals surface area contributed by atoms with Crippen molar-refractivity contribution in [2.75, 3.05) is 45.1 Å². The summed E-state index contributed by atoms with van der Waals surface area (Å²) in [4.78, 5) is 17.6. The predicted molar refractivity (Wildman–Crippen MR) is 153 cm³/mol. The molecular formula is C29H42FN3O6S. The summed E-state index contributed by atoms with van der Waals surface area (Å²) in [6.45, 7) is 7.07. The number of rotatable bonds is 7. The standard InChI is InChI=1S/C29H42FN3O6S/c1-20-17-33(21(2)19-34)29(35)26-16-24(31-40(36,37)25-12-9-23(30)10-13-25)11-14-27(26)39-22(3)8-6-7-15-38-28(20)18-32(4)5/h9-14,16,20-22,28,31,34H,6-8,15,17-19H2,1-5H3/t20-,21-,22-,28-/m1/s1. The average Bonchev–Trinajstić information content (AvgIpc) is 2.90. The molecule has 0 aromatic heterocycles. The predicted octanol–water partition coefficient (Wildman–Crippen LogP) is 3.98. The summed E-state index contributed by atoms with van der Waals surface area (Å²) in [7, 11) is -0.0862. The summed E-state index contributed by atoms with van der Waals surface area (Å²) in [6, 6.07) is 8.54. The van der Waals surface area contributed by atoms with Gasteiger partial charge in [-0.05, 0) is 89.7 Å². The van der Waals surface area contributed by atoms with E-state index in [4.69, 9.17) is 9.47 Å². The van der Waals surface area contributed by atoms with Crippen LogP contribution in [0.5, 0.6) is 5.75 Å². The Kier molecular flexibility index (Phi) is 11.3. The number of benzene rings is 2. The highest BCUT2D eigenvalue weighted by molar-refractivity contribution is 7.92. The van der Waals surface area contributed by atoms with Gasteiger partial charge < -0.3 is 24.4 Å². The number of nitrogens with zero attached hydrogens (tertiary/aromatic N) is 2. The van der Waals surface area contributed by atoms with E-state index >= 15 is 0 Å². The SMILES string of the molecule is C[C@@H]1CCCCO[C@H](CN(C)C)[C@H](C)CN([C@H](C)CO)C(=O)c2cc(NS(=O)(=O)c3ccc(F)cc3)ccc2O1. The number of ether oxygens (including phenoxy) is 2. The van der Waals surface area contributed by atoms with Gasteiger partial charge in [0, 0.05) is 31.3 Å². The van der Waals surface area contributed by atoms with Crippen LogP contribution in [-0.4, -0.2) is 87.9 Å². The van der Waals surface area contributed by atoms with Crippen molar-refractivity contribution >= 4 is 21.6 Å². The molecule has 4 atom stereocenters. The van der Waals surface area contributed by atoms with Gasteiger partial charge in [0.25, 0.3) is 15.9 Å². The highest BCUT2D eigenvalue weighted by Crippen LogP contribution is 2.29. The van der Waals surface area contributed by atoms with Gasteiger partial charge in [0.2, 0.25) is 0 Å². The van der Waals surface area contributed by atoms with E-state index in [0.717, 1.165) is 31.4 Å². The van der Waals surface area contributed by atoms with E-state index in [0.29, 0.717) is 25.4 Å². The number of likely N-dealkylation sites (N-methyl/N-ethyl adjacent to an activating group) is 1. The number of aliphatic hydroxyl groups is 1. The molecule has 0 spiro atoms. The largest absolute Gasteiger partial charge is 0.490 e. The Morgan fingerprint density at radius 1 is 1.15 bits per heavy atom. The monoisotopic (exact) mass is 579 g/mol. The van der Waals surface area contributed by atoms with Crippen LogP contribution in [0.2, 0.25) is 0 Å². The molecule has 1 heterocycles. The van der Waals surface area contributed by atoms with Crippen molar-refractivity contribution in [2.45, 2.75) is 63.2 Å². The molecule has 0 unspecified atom stereocenters. The minimum atomic E-state index is -4.04. The number of halogens is 1. The Morgan fingerprint density at radius 3 is 2.50 bits per heavy atom. The number of hydrogen-bond acceptors (Lipinski definition) is 7. The third-order valence-electron chi connectivity index (χ3n) is 6.97. The van der Waals surface area contributed by atoms with Gasteiger partial charge in [-0.1, -0.05) is 6.92 Å². The van der Waals surface area contributed by atoms with Crippen molar-refractivity contribution < 1.29 is 32.2 Å². The van der Waals surface area contributed by atoms with Crippen molar-refractivity contribution in [3.63, 3.8) is 0 Å². The summed E-state index contributed by atoms with van der Waals surface area (Å²) in [5, 5.41) is 10.0. The number of anilines is 1. The zero-order chi connectivity index (χ0) is 29.4. The second-order valence-electron chi connectivity index (χ2n) is 10.8. The van der Waals surface area contributed by atoms with Crippen LogP contribution in [0.4, 0.5) is 10.1 Å². The first-order valence-electron chi connectivity index (χ1n) is 13.7. The molecule has 9 nitrogen and oxygen atoms in total. The van der Waals surface area contributed by atoms with Gasteiger partial charge in [0.05, 0.1) is 35.3 Å². The van der Waals surface area contributed by atoms with E-state index in [9.17, 15) is 22.7 Å². The smallest absolute Gasteiger partial charge is 0.261 e. The average molecular weight is 580 g/mol. The van der Waals surface area contributed by atoms with Gasteiger partial charge in [-0.15, -0.1) is 0 Å². The summed E-state index contributed by atoms with van der Waals surface area (Å²) in [5.41, 5.74) is 0.341. The molecular weight excluding hydrogens is 537 g/mol. The molecule has 222 valence electrons. The number of nitrogens with one attached hydrogen (secondary N) is 1.